The Balaban J connectivity index is -0.000000138. The fourth-order valence-corrected chi connectivity index (χ4v) is 1.67. The lowest BCUT2D eigenvalue weighted by Gasteiger charge is -2.30. The van der Waals surface area contributed by atoms with Gasteiger partial charge in [-0.3, -0.25) is 19.2 Å². The van der Waals surface area contributed by atoms with Crippen LogP contribution in [-0.2, 0) is 4.74 Å². The topological polar surface area (TPSA) is 15.7 Å². The maximum Gasteiger partial charge on any atom is 0.0993 e. The Labute approximate surface area is 156 Å². The molecule has 0 spiro atoms. The lowest BCUT2D eigenvalue weighted by Crippen LogP contribution is -2.39. The molecule has 0 aromatic carbocycles. The minimum atomic E-state index is 0. The summed E-state index contributed by atoms with van der Waals surface area (Å²) in [6.45, 7) is 23.2. The van der Waals surface area contributed by atoms with Gasteiger partial charge < -0.3 is 4.74 Å². The fourth-order valence-electron chi connectivity index (χ4n) is 1.67. The number of nitrogens with zero attached hydrogens (tertiary/aromatic N) is 2. The van der Waals surface area contributed by atoms with Gasteiger partial charge in [0.05, 0.1) is 19.4 Å². The molecule has 0 bridgehead atoms. The molecule has 2 rings (SSSR count). The first-order valence-electron chi connectivity index (χ1n) is 9.62. The van der Waals surface area contributed by atoms with Crippen LogP contribution in [0, 0.1) is 17.8 Å². The number of likely N-dealkylation sites (tertiary alicyclic amines) is 2. The molecule has 5 heteroatoms. The van der Waals surface area contributed by atoms with E-state index in [2.05, 4.69) is 49.3 Å². The molecule has 0 saturated carbocycles. The summed E-state index contributed by atoms with van der Waals surface area (Å²) in [6, 6.07) is 0. The minimum Gasteiger partial charge on any atom is -0.363 e. The van der Waals surface area contributed by atoms with E-state index in [4.69, 9.17) is 4.74 Å². The summed E-state index contributed by atoms with van der Waals surface area (Å²) < 4.78 is 5.37. The maximum absolute atomic E-state index is 5.37. The van der Waals surface area contributed by atoms with Gasteiger partial charge in [0.15, 0.2) is 0 Å². The Morgan fingerprint density at radius 1 is 0.800 bits per heavy atom. The lowest BCUT2D eigenvalue weighted by molar-refractivity contribution is -0.0315. The molecule has 154 valence electrons. The third-order valence-electron chi connectivity index (χ3n) is 3.18. The van der Waals surface area contributed by atoms with E-state index in [0.717, 1.165) is 13.3 Å². The summed E-state index contributed by atoms with van der Waals surface area (Å²) in [5.74, 6) is 6.84. The molecular weight excluding hydrogens is 322 g/mol. The van der Waals surface area contributed by atoms with Crippen LogP contribution in [0.5, 0.6) is 0 Å². The number of rotatable bonds is 4. The second-order valence-electron chi connectivity index (χ2n) is 5.92. The predicted molar refractivity (Wildman–Crippen MR) is 109 cm³/mol. The van der Waals surface area contributed by atoms with E-state index < -0.39 is 0 Å². The van der Waals surface area contributed by atoms with Crippen molar-refractivity contribution in [1.29, 1.82) is 0 Å². The van der Waals surface area contributed by atoms with Crippen LogP contribution >= 0.6 is 0 Å². The second-order valence-corrected chi connectivity index (χ2v) is 5.92. The minimum absolute atomic E-state index is 0. The van der Waals surface area contributed by atoms with Crippen LogP contribution in [0.25, 0.3) is 0 Å². The Hall–Kier alpha value is -0.700. The molecule has 2 heterocycles. The highest BCUT2D eigenvalue weighted by molar-refractivity contribution is 5.03. The van der Waals surface area contributed by atoms with E-state index in [-0.39, 0.29) is 9.41 Å². The van der Waals surface area contributed by atoms with E-state index in [0.29, 0.717) is 12.0 Å². The molecule has 2 fully saturated rings. The van der Waals surface area contributed by atoms with Gasteiger partial charge in [-0.05, 0) is 26.7 Å². The molecule has 0 N–H and O–H groups in total. The molecule has 0 atom stereocenters. The van der Waals surface area contributed by atoms with Crippen molar-refractivity contribution >= 4 is 0 Å². The van der Waals surface area contributed by atoms with Crippen molar-refractivity contribution < 1.29 is 14.1 Å². The summed E-state index contributed by atoms with van der Waals surface area (Å²) in [4.78, 5) is 4.68. The Kier molecular flexibility index (Phi) is 29.8. The van der Waals surface area contributed by atoms with Gasteiger partial charge in [0.2, 0.25) is 0 Å². The van der Waals surface area contributed by atoms with Crippen LogP contribution in [0.4, 0.5) is 9.41 Å². The quantitative estimate of drug-likeness (QED) is 0.666. The Morgan fingerprint density at radius 2 is 1.24 bits per heavy atom. The Bertz CT molecular complexity index is 294. The van der Waals surface area contributed by atoms with Crippen LogP contribution in [0.3, 0.4) is 0 Å². The maximum atomic E-state index is 5.37. The first-order valence-corrected chi connectivity index (χ1v) is 9.62. The first-order chi connectivity index (χ1) is 11.1. The lowest BCUT2D eigenvalue weighted by atomic mass is 10.2. The summed E-state index contributed by atoms with van der Waals surface area (Å²) in [5.41, 5.74) is 0. The molecule has 3 nitrogen and oxygen atoms in total. The van der Waals surface area contributed by atoms with Crippen LogP contribution in [0.1, 0.15) is 68.2 Å². The van der Waals surface area contributed by atoms with Crippen LogP contribution in [0.15, 0.2) is 0 Å². The molecule has 0 aliphatic carbocycles. The van der Waals surface area contributed by atoms with Crippen molar-refractivity contribution in [1.82, 2.24) is 9.80 Å². The van der Waals surface area contributed by atoms with Crippen molar-refractivity contribution in [2.75, 3.05) is 39.5 Å². The summed E-state index contributed by atoms with van der Waals surface area (Å²) >= 11 is 0. The molecule has 2 saturated heterocycles. The van der Waals surface area contributed by atoms with Crippen molar-refractivity contribution in [2.24, 2.45) is 5.92 Å². The molecular formula is C20H44F2N2O. The monoisotopic (exact) mass is 366 g/mol. The average Bonchev–Trinajstić information content (AvgIpc) is 2.44. The molecule has 0 aromatic rings. The highest BCUT2D eigenvalue weighted by atomic mass is 19.0. The zero-order valence-corrected chi connectivity index (χ0v) is 17.9. The third-order valence-corrected chi connectivity index (χ3v) is 3.18. The first kappa shape index (κ1) is 32.0. The second kappa shape index (κ2) is 23.3. The van der Waals surface area contributed by atoms with Crippen molar-refractivity contribution in [2.45, 2.75) is 74.3 Å². The standard InChI is InChI=1S/C9H15N.C7H15NO.2C2H6.2FH/c1-9(2)5-3-6-10-7-4-8-10;1-7(2)9-6-8-4-3-5-8;2*1-2;;/h9H,4,6-8H2,1-2H3;7H,3-6H2,1-2H3;2*1-2H3;2*1H. The molecule has 0 amide bonds. The van der Waals surface area contributed by atoms with Crippen LogP contribution < -0.4 is 0 Å². The number of ether oxygens (including phenoxy) is 1. The van der Waals surface area contributed by atoms with Gasteiger partial charge in [0.25, 0.3) is 0 Å². The molecule has 0 unspecified atom stereocenters. The number of hydrogen-bond donors (Lipinski definition) is 0. The molecule has 2 aliphatic rings. The molecule has 0 radical (unpaired) electrons. The average molecular weight is 367 g/mol. The van der Waals surface area contributed by atoms with Gasteiger partial charge in [-0.1, -0.05) is 53.4 Å². The van der Waals surface area contributed by atoms with E-state index in [1.54, 1.807) is 0 Å². The summed E-state index contributed by atoms with van der Waals surface area (Å²) in [5, 5.41) is 0. The summed E-state index contributed by atoms with van der Waals surface area (Å²) in [7, 11) is 0. The van der Waals surface area contributed by atoms with Gasteiger partial charge in [0.1, 0.15) is 0 Å². The van der Waals surface area contributed by atoms with Gasteiger partial charge in [-0.25, -0.2) is 0 Å². The van der Waals surface area contributed by atoms with Gasteiger partial charge in [-0.15, -0.1) is 0 Å². The van der Waals surface area contributed by atoms with E-state index in [1.807, 2.05) is 27.7 Å². The highest BCUT2D eigenvalue weighted by Crippen LogP contribution is 2.05. The Morgan fingerprint density at radius 3 is 1.52 bits per heavy atom. The highest BCUT2D eigenvalue weighted by Gasteiger charge is 2.13. The zero-order chi connectivity index (χ0) is 18.1. The fraction of sp³-hybridized carbons (Fsp3) is 0.900. The van der Waals surface area contributed by atoms with Gasteiger partial charge >= 0.3 is 0 Å². The number of hydrogen-bond acceptors (Lipinski definition) is 3. The molecule has 25 heavy (non-hydrogen) atoms. The smallest absolute Gasteiger partial charge is 0.0993 e. The molecule has 2 aliphatic heterocycles. The third kappa shape index (κ3) is 21.3. The van der Waals surface area contributed by atoms with E-state index in [9.17, 15) is 0 Å². The van der Waals surface area contributed by atoms with Gasteiger partial charge in [-0.2, -0.15) is 0 Å². The number of halogens is 2. The van der Waals surface area contributed by atoms with Crippen molar-refractivity contribution in [3.05, 3.63) is 0 Å². The molecule has 0 aromatic heterocycles. The van der Waals surface area contributed by atoms with E-state index in [1.165, 1.54) is 39.0 Å². The van der Waals surface area contributed by atoms with E-state index >= 15 is 0 Å². The van der Waals surface area contributed by atoms with Crippen LogP contribution in [-0.4, -0.2) is 55.4 Å². The SMILES string of the molecule is CC.CC.CC(C)C#CCN1CCC1.CC(C)OCN1CCC1.F.F. The van der Waals surface area contributed by atoms with Gasteiger partial charge in [0, 0.05) is 32.1 Å². The zero-order valence-electron chi connectivity index (χ0n) is 17.9. The van der Waals surface area contributed by atoms with Crippen molar-refractivity contribution in [3.8, 4) is 11.8 Å². The largest absolute Gasteiger partial charge is 0.363 e. The van der Waals surface area contributed by atoms with Crippen molar-refractivity contribution in [3.63, 3.8) is 0 Å². The summed E-state index contributed by atoms with van der Waals surface area (Å²) in [6.07, 6.45) is 3.09. The van der Waals surface area contributed by atoms with Crippen LogP contribution in [0.2, 0.25) is 0 Å². The predicted octanol–water partition coefficient (Wildman–Crippen LogP) is 4.78. The normalized spacial score (nSPS) is 15.0.